The number of unbranched alkanes of at least 4 members (excludes halogenated alkanes) is 22. The number of anilines is 1. The van der Waals surface area contributed by atoms with Crippen LogP contribution in [0.15, 0.2) is 41.4 Å². The molecule has 0 radical (unpaired) electrons. The third-order valence-corrected chi connectivity index (χ3v) is 12.1. The molecule has 2 rings (SSSR count). The molecule has 1 fully saturated rings. The minimum absolute atomic E-state index is 0.0998. The number of phosphoric ester groups is 1. The van der Waals surface area contributed by atoms with Gasteiger partial charge in [0, 0.05) is 19.0 Å². The number of hydrogen-bond acceptors (Lipinski definition) is 11. The lowest BCUT2D eigenvalue weighted by Crippen LogP contribution is -2.30. The number of rotatable bonds is 40. The van der Waals surface area contributed by atoms with E-state index in [1.807, 2.05) is 0 Å². The Balaban J connectivity index is 1.71. The Morgan fingerprint density at radius 1 is 0.742 bits per heavy atom. The molecule has 1 aliphatic rings. The van der Waals surface area contributed by atoms with Gasteiger partial charge >= 0.3 is 25.5 Å². The van der Waals surface area contributed by atoms with Gasteiger partial charge in [-0.05, 0) is 83.1 Å². The lowest BCUT2D eigenvalue weighted by molar-refractivity contribution is -0.161. The molecule has 1 aromatic rings. The average molecular weight is 894 g/mol. The molecule has 2 heterocycles. The van der Waals surface area contributed by atoms with Crippen molar-refractivity contribution in [3.63, 3.8) is 0 Å². The number of nitrogens with two attached hydrogens (primary N) is 1. The van der Waals surface area contributed by atoms with Crippen LogP contribution in [0.5, 0.6) is 0 Å². The van der Waals surface area contributed by atoms with Gasteiger partial charge in [0.05, 0.1) is 19.3 Å². The molecule has 0 bridgehead atoms. The van der Waals surface area contributed by atoms with Gasteiger partial charge in [-0.15, -0.1) is 0 Å². The molecule has 1 aliphatic heterocycles. The first kappa shape index (κ1) is 55.3. The summed E-state index contributed by atoms with van der Waals surface area (Å²) in [5, 5.41) is 0. The predicted octanol–water partition coefficient (Wildman–Crippen LogP) is 12.2. The van der Waals surface area contributed by atoms with E-state index in [9.17, 15) is 23.8 Å². The second-order valence-corrected chi connectivity index (χ2v) is 18.3. The van der Waals surface area contributed by atoms with Crippen molar-refractivity contribution in [2.45, 2.75) is 225 Å². The quantitative estimate of drug-likeness (QED) is 0.0276. The maximum Gasteiger partial charge on any atom is 0.472 e. The van der Waals surface area contributed by atoms with E-state index >= 15 is 0 Å². The Morgan fingerprint density at radius 2 is 1.23 bits per heavy atom. The van der Waals surface area contributed by atoms with Crippen LogP contribution in [0.3, 0.4) is 0 Å². The van der Waals surface area contributed by atoms with Crippen molar-refractivity contribution in [1.82, 2.24) is 9.55 Å². The van der Waals surface area contributed by atoms with Crippen molar-refractivity contribution in [3.05, 3.63) is 47.1 Å². The molecular weight excluding hydrogens is 810 g/mol. The number of carbonyl (C=O) groups is 2. The van der Waals surface area contributed by atoms with E-state index in [4.69, 9.17) is 29.0 Å². The van der Waals surface area contributed by atoms with Gasteiger partial charge in [-0.2, -0.15) is 4.98 Å². The van der Waals surface area contributed by atoms with Crippen molar-refractivity contribution in [2.24, 2.45) is 0 Å². The first-order valence-corrected chi connectivity index (χ1v) is 25.9. The van der Waals surface area contributed by atoms with Crippen molar-refractivity contribution in [1.29, 1.82) is 0 Å². The summed E-state index contributed by atoms with van der Waals surface area (Å²) < 4.78 is 41.5. The Hall–Kier alpha value is -2.83. The van der Waals surface area contributed by atoms with Crippen LogP contribution in [0.25, 0.3) is 0 Å². The van der Waals surface area contributed by atoms with Gasteiger partial charge in [0.25, 0.3) is 0 Å². The molecule has 3 N–H and O–H groups in total. The van der Waals surface area contributed by atoms with Crippen molar-refractivity contribution in [2.75, 3.05) is 25.6 Å². The molecule has 0 spiro atoms. The van der Waals surface area contributed by atoms with E-state index < -0.39 is 50.5 Å². The highest BCUT2D eigenvalue weighted by molar-refractivity contribution is 7.47. The molecule has 62 heavy (non-hydrogen) atoms. The number of allylic oxidation sites excluding steroid dienone is 4. The van der Waals surface area contributed by atoms with E-state index in [-0.39, 0.29) is 31.9 Å². The standard InChI is InChI=1S/C48H84N3O10P/c1-3-5-7-9-11-13-15-17-19-21-23-25-27-29-31-33-46(52)57-39-43(61-47(53)34-32-30-28-26-24-22-20-18-16-14-12-10-8-6-4-2)41-59-62(55,56)58-40-42-35-36-45(60-42)51-38-37-44(49)50-48(51)54/h17-20,37-38,42-43,45H,3-16,21-36,39-41H2,1-2H3,(H,55,56)(H2,49,50,54)/b19-17+,20-18+/t42-,43?,45+/m0/s1. The lowest BCUT2D eigenvalue weighted by atomic mass is 10.1. The molecule has 0 aromatic carbocycles. The van der Waals surface area contributed by atoms with Crippen LogP contribution in [0.1, 0.15) is 213 Å². The summed E-state index contributed by atoms with van der Waals surface area (Å²) in [5.74, 6) is -0.813. The van der Waals surface area contributed by atoms with Crippen LogP contribution >= 0.6 is 7.82 Å². The molecule has 0 saturated carbocycles. The van der Waals surface area contributed by atoms with Gasteiger partial charge < -0.3 is 24.8 Å². The number of ether oxygens (including phenoxy) is 3. The summed E-state index contributed by atoms with van der Waals surface area (Å²) in [6.07, 6.45) is 39.7. The zero-order chi connectivity index (χ0) is 44.9. The number of nitrogens with zero attached hydrogens (tertiary/aromatic N) is 2. The number of carbonyl (C=O) groups excluding carboxylic acids is 2. The van der Waals surface area contributed by atoms with E-state index in [2.05, 4.69) is 43.1 Å². The summed E-state index contributed by atoms with van der Waals surface area (Å²) in [6, 6.07) is 1.49. The maximum atomic E-state index is 12.9. The van der Waals surface area contributed by atoms with Crippen molar-refractivity contribution >= 4 is 25.6 Å². The highest BCUT2D eigenvalue weighted by Crippen LogP contribution is 2.44. The van der Waals surface area contributed by atoms with Crippen LogP contribution in [0, 0.1) is 0 Å². The van der Waals surface area contributed by atoms with Gasteiger partial charge in [0.15, 0.2) is 6.10 Å². The van der Waals surface area contributed by atoms with E-state index in [1.54, 1.807) is 0 Å². The van der Waals surface area contributed by atoms with Crippen molar-refractivity contribution < 1.29 is 42.3 Å². The number of phosphoric acid groups is 1. The SMILES string of the molecule is CCCCCCCC/C=C/CCCCCCCC(=O)OCC(COP(=O)(O)OC[C@@H]1CC[C@H](n2ccc(N)nc2=O)O1)OC(=O)CCCCCCC/C=C/CCCCCCCC. The third-order valence-electron chi connectivity index (χ3n) is 11.1. The van der Waals surface area contributed by atoms with E-state index in [1.165, 1.54) is 93.9 Å². The first-order chi connectivity index (χ1) is 30.1. The van der Waals surface area contributed by atoms with Crippen LogP contribution in [-0.4, -0.2) is 58.4 Å². The molecule has 1 aromatic heterocycles. The summed E-state index contributed by atoms with van der Waals surface area (Å²) >= 11 is 0. The van der Waals surface area contributed by atoms with Gasteiger partial charge in [-0.3, -0.25) is 23.2 Å². The molecular formula is C48H84N3O10P. The fourth-order valence-electron chi connectivity index (χ4n) is 7.35. The largest absolute Gasteiger partial charge is 0.472 e. The number of nitrogen functional groups attached to an aromatic ring is 1. The molecule has 14 heteroatoms. The Kier molecular flexibility index (Phi) is 32.6. The molecule has 0 amide bonds. The van der Waals surface area contributed by atoms with Crippen LogP contribution in [-0.2, 0) is 37.4 Å². The molecule has 1 saturated heterocycles. The summed E-state index contributed by atoms with van der Waals surface area (Å²) in [4.78, 5) is 51.8. The number of aromatic nitrogens is 2. The molecule has 0 aliphatic carbocycles. The molecule has 2 unspecified atom stereocenters. The summed E-state index contributed by atoms with van der Waals surface area (Å²) in [6.45, 7) is 3.40. The third kappa shape index (κ3) is 29.5. The maximum absolute atomic E-state index is 12.9. The molecule has 4 atom stereocenters. The Morgan fingerprint density at radius 3 is 1.74 bits per heavy atom. The highest BCUT2D eigenvalue weighted by atomic mass is 31.2. The minimum atomic E-state index is -4.62. The predicted molar refractivity (Wildman–Crippen MR) is 248 cm³/mol. The van der Waals surface area contributed by atoms with Gasteiger partial charge in [0.2, 0.25) is 0 Å². The van der Waals surface area contributed by atoms with Gasteiger partial charge in [-0.1, -0.05) is 141 Å². The fraction of sp³-hybridized carbons (Fsp3) is 0.792. The second kappa shape index (κ2) is 36.5. The second-order valence-electron chi connectivity index (χ2n) is 16.9. The first-order valence-electron chi connectivity index (χ1n) is 24.4. The topological polar surface area (TPSA) is 178 Å². The van der Waals surface area contributed by atoms with Gasteiger partial charge in [-0.25, -0.2) is 9.36 Å². The normalized spacial score (nSPS) is 16.9. The number of hydrogen-bond donors (Lipinski definition) is 2. The monoisotopic (exact) mass is 894 g/mol. The lowest BCUT2D eigenvalue weighted by Gasteiger charge is -2.21. The van der Waals surface area contributed by atoms with Crippen molar-refractivity contribution in [3.8, 4) is 0 Å². The zero-order valence-corrected chi connectivity index (χ0v) is 39.5. The van der Waals surface area contributed by atoms with Crippen LogP contribution in [0.4, 0.5) is 5.82 Å². The minimum Gasteiger partial charge on any atom is -0.462 e. The molecule has 356 valence electrons. The Labute approximate surface area is 373 Å². The van der Waals surface area contributed by atoms with Gasteiger partial charge in [0.1, 0.15) is 18.7 Å². The number of esters is 2. The van der Waals surface area contributed by atoms with Crippen LogP contribution < -0.4 is 11.4 Å². The summed E-state index contributed by atoms with van der Waals surface area (Å²) in [5.41, 5.74) is 5.02. The average Bonchev–Trinajstić information content (AvgIpc) is 3.72. The fourth-order valence-corrected chi connectivity index (χ4v) is 8.13. The Bertz CT molecular complexity index is 1470. The zero-order valence-electron chi connectivity index (χ0n) is 38.6. The van der Waals surface area contributed by atoms with E-state index in [0.717, 1.165) is 77.0 Å². The summed E-state index contributed by atoms with van der Waals surface area (Å²) in [7, 11) is -4.62. The van der Waals surface area contributed by atoms with Crippen LogP contribution in [0.2, 0.25) is 0 Å². The van der Waals surface area contributed by atoms with E-state index in [0.29, 0.717) is 25.7 Å². The smallest absolute Gasteiger partial charge is 0.462 e. The molecule has 13 nitrogen and oxygen atoms in total. The highest BCUT2D eigenvalue weighted by Gasteiger charge is 2.32.